The third-order valence-electron chi connectivity index (χ3n) is 1.57. The molecular formula is C8H12BN2O. The lowest BCUT2D eigenvalue weighted by Crippen LogP contribution is -2.24. The monoisotopic (exact) mass is 163 g/mol. The average molecular weight is 163 g/mol. The molecule has 1 heterocycles. The van der Waals surface area contributed by atoms with E-state index in [2.05, 4.69) is 10.2 Å². The van der Waals surface area contributed by atoms with Gasteiger partial charge in [0, 0.05) is 19.3 Å². The summed E-state index contributed by atoms with van der Waals surface area (Å²) >= 11 is 0. The number of pyridine rings is 1. The lowest BCUT2D eigenvalue weighted by molar-refractivity contribution is 0.423. The molecule has 0 amide bonds. The highest BCUT2D eigenvalue weighted by Gasteiger charge is 2.04. The normalized spacial score (nSPS) is 12.5. The second kappa shape index (κ2) is 4.90. The van der Waals surface area contributed by atoms with Crippen molar-refractivity contribution < 1.29 is 4.65 Å². The van der Waals surface area contributed by atoms with E-state index in [1.165, 1.54) is 0 Å². The van der Waals surface area contributed by atoms with Crippen molar-refractivity contribution in [1.29, 1.82) is 0 Å². The zero-order valence-electron chi connectivity index (χ0n) is 7.32. The number of nitrogens with zero attached hydrogens (tertiary/aromatic N) is 1. The highest BCUT2D eigenvalue weighted by Crippen LogP contribution is 2.06. The second-order valence-electron chi connectivity index (χ2n) is 2.50. The van der Waals surface area contributed by atoms with Gasteiger partial charge >= 0.3 is 7.62 Å². The van der Waals surface area contributed by atoms with Gasteiger partial charge in [0.25, 0.3) is 0 Å². The topological polar surface area (TPSA) is 34.1 Å². The first-order valence-corrected chi connectivity index (χ1v) is 3.86. The molecule has 1 rings (SSSR count). The van der Waals surface area contributed by atoms with Gasteiger partial charge < -0.3 is 9.88 Å². The summed E-state index contributed by atoms with van der Waals surface area (Å²) in [5.41, 5.74) is 1.01. The molecule has 0 aliphatic carbocycles. The van der Waals surface area contributed by atoms with Crippen LogP contribution in [0.2, 0.25) is 0 Å². The summed E-state index contributed by atoms with van der Waals surface area (Å²) < 4.78 is 4.77. The predicted octanol–water partition coefficient (Wildman–Crippen LogP) is 0.913. The molecule has 0 bridgehead atoms. The van der Waals surface area contributed by atoms with Crippen molar-refractivity contribution in [2.45, 2.75) is 13.0 Å². The van der Waals surface area contributed by atoms with Gasteiger partial charge in [0.1, 0.15) is 0 Å². The van der Waals surface area contributed by atoms with Crippen LogP contribution in [0, 0.1) is 0 Å². The van der Waals surface area contributed by atoms with Gasteiger partial charge in [-0.05, 0) is 19.1 Å². The first kappa shape index (κ1) is 9.22. The van der Waals surface area contributed by atoms with E-state index in [0.717, 1.165) is 5.69 Å². The van der Waals surface area contributed by atoms with Crippen LogP contribution in [0.25, 0.3) is 0 Å². The summed E-state index contributed by atoms with van der Waals surface area (Å²) in [5, 5.41) is 3.04. The van der Waals surface area contributed by atoms with Gasteiger partial charge in [0.15, 0.2) is 0 Å². The summed E-state index contributed by atoms with van der Waals surface area (Å²) in [4.78, 5) is 4.19. The maximum absolute atomic E-state index is 4.77. The molecule has 0 saturated heterocycles. The molecule has 1 N–H and O–H groups in total. The molecule has 63 valence electrons. The summed E-state index contributed by atoms with van der Waals surface area (Å²) in [6.07, 6.45) is 1.78. The van der Waals surface area contributed by atoms with Crippen LogP contribution in [-0.2, 0) is 4.65 Å². The Morgan fingerprint density at radius 3 is 3.00 bits per heavy atom. The van der Waals surface area contributed by atoms with Crippen molar-refractivity contribution in [1.82, 2.24) is 10.2 Å². The van der Waals surface area contributed by atoms with Crippen LogP contribution in [-0.4, -0.2) is 19.7 Å². The van der Waals surface area contributed by atoms with E-state index in [-0.39, 0.29) is 6.04 Å². The molecule has 4 heteroatoms. The van der Waals surface area contributed by atoms with Crippen LogP contribution in [0.3, 0.4) is 0 Å². The Morgan fingerprint density at radius 1 is 1.58 bits per heavy atom. The molecule has 0 aliphatic heterocycles. The Hall–Kier alpha value is -0.865. The van der Waals surface area contributed by atoms with Crippen molar-refractivity contribution >= 4 is 7.62 Å². The first-order chi connectivity index (χ1) is 5.84. The van der Waals surface area contributed by atoms with Crippen LogP contribution in [0.5, 0.6) is 0 Å². The maximum atomic E-state index is 4.77. The number of aromatic nitrogens is 1. The van der Waals surface area contributed by atoms with E-state index in [1.807, 2.05) is 25.1 Å². The quantitative estimate of drug-likeness (QED) is 0.670. The van der Waals surface area contributed by atoms with E-state index in [4.69, 9.17) is 4.65 Å². The molecule has 1 atom stereocenters. The van der Waals surface area contributed by atoms with Gasteiger partial charge in [-0.25, -0.2) is 0 Å². The Balaban J connectivity index is 2.48. The minimum absolute atomic E-state index is 0.186. The fourth-order valence-corrected chi connectivity index (χ4v) is 0.888. The number of rotatable bonds is 4. The first-order valence-electron chi connectivity index (χ1n) is 3.86. The Kier molecular flexibility index (Phi) is 3.77. The van der Waals surface area contributed by atoms with Gasteiger partial charge in [-0.2, -0.15) is 0 Å². The lowest BCUT2D eigenvalue weighted by atomic mass is 10.1. The fourth-order valence-electron chi connectivity index (χ4n) is 0.888. The molecule has 0 saturated carbocycles. The van der Waals surface area contributed by atoms with Gasteiger partial charge in [-0.1, -0.05) is 6.07 Å². The second-order valence-corrected chi connectivity index (χ2v) is 2.50. The minimum Gasteiger partial charge on any atom is -0.427 e. The van der Waals surface area contributed by atoms with Crippen LogP contribution in [0.1, 0.15) is 18.7 Å². The molecule has 0 spiro atoms. The molecule has 0 unspecified atom stereocenters. The molecule has 1 aromatic heterocycles. The van der Waals surface area contributed by atoms with Gasteiger partial charge in [0.05, 0.1) is 5.69 Å². The van der Waals surface area contributed by atoms with Crippen LogP contribution < -0.4 is 5.23 Å². The molecule has 0 fully saturated rings. The maximum Gasteiger partial charge on any atom is 0.396 e. The Morgan fingerprint density at radius 2 is 2.42 bits per heavy atom. The van der Waals surface area contributed by atoms with Crippen LogP contribution in [0.15, 0.2) is 24.4 Å². The predicted molar refractivity (Wildman–Crippen MR) is 48.6 cm³/mol. The van der Waals surface area contributed by atoms with Crippen molar-refractivity contribution in [2.24, 2.45) is 0 Å². The van der Waals surface area contributed by atoms with E-state index in [1.54, 1.807) is 20.9 Å². The average Bonchev–Trinajstić information content (AvgIpc) is 2.15. The largest absolute Gasteiger partial charge is 0.427 e. The summed E-state index contributed by atoms with van der Waals surface area (Å²) in [6, 6.07) is 6.02. The number of hydrogen-bond acceptors (Lipinski definition) is 3. The van der Waals surface area contributed by atoms with E-state index < -0.39 is 0 Å². The SMILES string of the molecule is CO[B]N[C@@H](C)c1ccccn1. The van der Waals surface area contributed by atoms with Crippen molar-refractivity contribution in [3.8, 4) is 0 Å². The van der Waals surface area contributed by atoms with Gasteiger partial charge in [-0.3, -0.25) is 4.98 Å². The van der Waals surface area contributed by atoms with E-state index >= 15 is 0 Å². The summed E-state index contributed by atoms with van der Waals surface area (Å²) in [7, 11) is 3.16. The number of hydrogen-bond donors (Lipinski definition) is 1. The third kappa shape index (κ3) is 2.64. The zero-order chi connectivity index (χ0) is 8.81. The van der Waals surface area contributed by atoms with Crippen LogP contribution in [0.4, 0.5) is 0 Å². The lowest BCUT2D eigenvalue weighted by Gasteiger charge is -2.10. The Bertz CT molecular complexity index is 218. The van der Waals surface area contributed by atoms with Crippen LogP contribution >= 0.6 is 0 Å². The van der Waals surface area contributed by atoms with Crippen molar-refractivity contribution in [3.63, 3.8) is 0 Å². The molecule has 0 aromatic carbocycles. The summed E-state index contributed by atoms with van der Waals surface area (Å²) in [6.45, 7) is 2.03. The minimum atomic E-state index is 0.186. The molecular weight excluding hydrogens is 151 g/mol. The molecule has 1 radical (unpaired) electrons. The standard InChI is InChI=1S/C8H12BN2O/c1-7(11-9-12-2)8-5-3-4-6-10-8/h3-7,11H,1-2H3/t7-/m0/s1. The third-order valence-corrected chi connectivity index (χ3v) is 1.57. The molecule has 3 nitrogen and oxygen atoms in total. The highest BCUT2D eigenvalue weighted by molar-refractivity contribution is 6.23. The Labute approximate surface area is 73.5 Å². The molecule has 1 aromatic rings. The highest BCUT2D eigenvalue weighted by atomic mass is 16.4. The van der Waals surface area contributed by atoms with Gasteiger partial charge in [-0.15, -0.1) is 0 Å². The van der Waals surface area contributed by atoms with E-state index in [9.17, 15) is 0 Å². The smallest absolute Gasteiger partial charge is 0.396 e. The van der Waals surface area contributed by atoms with E-state index in [0.29, 0.717) is 0 Å². The molecule has 12 heavy (non-hydrogen) atoms. The van der Waals surface area contributed by atoms with Gasteiger partial charge in [0.2, 0.25) is 0 Å². The number of nitrogens with one attached hydrogen (secondary N) is 1. The molecule has 0 aliphatic rings. The summed E-state index contributed by atoms with van der Waals surface area (Å²) in [5.74, 6) is 0. The van der Waals surface area contributed by atoms with Crippen molar-refractivity contribution in [2.75, 3.05) is 7.11 Å². The fraction of sp³-hybridized carbons (Fsp3) is 0.375. The van der Waals surface area contributed by atoms with Crippen molar-refractivity contribution in [3.05, 3.63) is 30.1 Å². The zero-order valence-corrected chi connectivity index (χ0v) is 7.32.